The van der Waals surface area contributed by atoms with E-state index in [0.29, 0.717) is 12.6 Å². The number of halogens is 1. The largest absolute Gasteiger partial charge is 0.370 e. The highest BCUT2D eigenvalue weighted by atomic mass is 79.9. The molecule has 0 aromatic heterocycles. The molecule has 1 atom stereocenters. The van der Waals surface area contributed by atoms with E-state index >= 15 is 0 Å². The molecule has 94 valence electrons. The molecule has 17 heavy (non-hydrogen) atoms. The zero-order valence-corrected chi connectivity index (χ0v) is 12.1. The van der Waals surface area contributed by atoms with Gasteiger partial charge in [0.1, 0.15) is 0 Å². The predicted molar refractivity (Wildman–Crippen MR) is 76.3 cm³/mol. The van der Waals surface area contributed by atoms with Crippen molar-refractivity contribution in [3.05, 3.63) is 28.2 Å². The Labute approximate surface area is 112 Å². The first-order valence-corrected chi connectivity index (χ1v) is 6.81. The lowest BCUT2D eigenvalue weighted by Crippen LogP contribution is -2.31. The maximum absolute atomic E-state index is 5.67. The van der Waals surface area contributed by atoms with E-state index in [1.165, 1.54) is 12.1 Å². The van der Waals surface area contributed by atoms with Gasteiger partial charge in [-0.05, 0) is 38.2 Å². The Hall–Kier alpha value is -0.580. The van der Waals surface area contributed by atoms with Crippen molar-refractivity contribution in [3.63, 3.8) is 0 Å². The average molecular weight is 298 g/mol. The average Bonchev–Trinajstić information content (AvgIpc) is 2.78. The molecule has 1 saturated heterocycles. The first-order chi connectivity index (χ1) is 8.11. The Balaban J connectivity index is 2.11. The van der Waals surface area contributed by atoms with E-state index < -0.39 is 0 Å². The van der Waals surface area contributed by atoms with E-state index in [2.05, 4.69) is 58.0 Å². The van der Waals surface area contributed by atoms with Gasteiger partial charge in [0.15, 0.2) is 0 Å². The van der Waals surface area contributed by atoms with Crippen LogP contribution in [0.4, 0.5) is 5.69 Å². The van der Waals surface area contributed by atoms with Crippen LogP contribution in [0.3, 0.4) is 0 Å². The quantitative estimate of drug-likeness (QED) is 0.927. The van der Waals surface area contributed by atoms with Crippen molar-refractivity contribution < 1.29 is 0 Å². The fourth-order valence-electron chi connectivity index (χ4n) is 2.30. The maximum Gasteiger partial charge on any atom is 0.0378 e. The Bertz CT molecular complexity index is 392. The van der Waals surface area contributed by atoms with E-state index in [4.69, 9.17) is 5.73 Å². The van der Waals surface area contributed by atoms with Crippen LogP contribution in [-0.2, 0) is 6.54 Å². The van der Waals surface area contributed by atoms with Gasteiger partial charge >= 0.3 is 0 Å². The zero-order valence-electron chi connectivity index (χ0n) is 10.5. The third-order valence-corrected chi connectivity index (χ3v) is 4.25. The third-order valence-electron chi connectivity index (χ3n) is 3.52. The lowest BCUT2D eigenvalue weighted by molar-refractivity contribution is 0.315. The Kier molecular flexibility index (Phi) is 4.07. The molecule has 1 aliphatic heterocycles. The van der Waals surface area contributed by atoms with Crippen LogP contribution in [0.25, 0.3) is 0 Å². The molecule has 0 saturated carbocycles. The van der Waals surface area contributed by atoms with Crippen molar-refractivity contribution in [2.24, 2.45) is 5.73 Å². The molecule has 2 rings (SSSR count). The van der Waals surface area contributed by atoms with E-state index in [1.807, 2.05) is 0 Å². The van der Waals surface area contributed by atoms with Crippen LogP contribution in [-0.4, -0.2) is 38.1 Å². The second kappa shape index (κ2) is 5.38. The Morgan fingerprint density at radius 3 is 2.76 bits per heavy atom. The summed E-state index contributed by atoms with van der Waals surface area (Å²) in [5.41, 5.74) is 8.12. The van der Waals surface area contributed by atoms with Crippen molar-refractivity contribution in [1.82, 2.24) is 4.90 Å². The molecule has 0 radical (unpaired) electrons. The summed E-state index contributed by atoms with van der Waals surface area (Å²) in [6.45, 7) is 2.83. The highest BCUT2D eigenvalue weighted by Crippen LogP contribution is 2.27. The second-order valence-corrected chi connectivity index (χ2v) is 5.69. The van der Waals surface area contributed by atoms with Crippen molar-refractivity contribution >= 4 is 21.6 Å². The van der Waals surface area contributed by atoms with Gasteiger partial charge in [0.25, 0.3) is 0 Å². The molecule has 0 aliphatic carbocycles. The highest BCUT2D eigenvalue weighted by molar-refractivity contribution is 9.10. The van der Waals surface area contributed by atoms with Crippen LogP contribution in [0.1, 0.15) is 12.0 Å². The Morgan fingerprint density at radius 2 is 2.24 bits per heavy atom. The summed E-state index contributed by atoms with van der Waals surface area (Å²) in [5.74, 6) is 0. The number of benzene rings is 1. The summed E-state index contributed by atoms with van der Waals surface area (Å²) < 4.78 is 1.12. The number of rotatable bonds is 3. The molecule has 1 fully saturated rings. The first kappa shape index (κ1) is 12.9. The summed E-state index contributed by atoms with van der Waals surface area (Å²) >= 11 is 3.58. The van der Waals surface area contributed by atoms with Gasteiger partial charge in [0, 0.05) is 35.8 Å². The summed E-state index contributed by atoms with van der Waals surface area (Å²) in [5, 5.41) is 0. The van der Waals surface area contributed by atoms with E-state index in [9.17, 15) is 0 Å². The highest BCUT2D eigenvalue weighted by Gasteiger charge is 2.24. The van der Waals surface area contributed by atoms with Crippen LogP contribution < -0.4 is 10.6 Å². The summed E-state index contributed by atoms with van der Waals surface area (Å²) in [4.78, 5) is 4.75. The number of anilines is 1. The molecular weight excluding hydrogens is 278 g/mol. The van der Waals surface area contributed by atoms with Crippen LogP contribution in [0, 0.1) is 0 Å². The summed E-state index contributed by atoms with van der Waals surface area (Å²) in [6, 6.07) is 7.14. The van der Waals surface area contributed by atoms with Gasteiger partial charge in [-0.3, -0.25) is 0 Å². The van der Waals surface area contributed by atoms with E-state index in [0.717, 1.165) is 23.1 Å². The normalized spacial score (nSPS) is 20.3. The number of hydrogen-bond donors (Lipinski definition) is 1. The van der Waals surface area contributed by atoms with Gasteiger partial charge in [-0.1, -0.05) is 22.0 Å². The van der Waals surface area contributed by atoms with Crippen molar-refractivity contribution in [2.75, 3.05) is 32.1 Å². The molecule has 1 unspecified atom stereocenters. The standard InChI is InChI=1S/C13H20BrN3/c1-16(2)12-5-6-17(9-12)11-4-3-10(8-15)13(14)7-11/h3-4,7,12H,5-6,8-9,15H2,1-2H3. The zero-order chi connectivity index (χ0) is 12.4. The molecule has 0 amide bonds. The van der Waals surface area contributed by atoms with Crippen molar-refractivity contribution in [3.8, 4) is 0 Å². The molecule has 0 bridgehead atoms. The topological polar surface area (TPSA) is 32.5 Å². The van der Waals surface area contributed by atoms with Gasteiger partial charge < -0.3 is 15.5 Å². The van der Waals surface area contributed by atoms with E-state index in [-0.39, 0.29) is 0 Å². The SMILES string of the molecule is CN(C)C1CCN(c2ccc(CN)c(Br)c2)C1. The molecule has 4 heteroatoms. The van der Waals surface area contributed by atoms with Gasteiger partial charge in [-0.15, -0.1) is 0 Å². The molecule has 3 nitrogen and oxygen atoms in total. The monoisotopic (exact) mass is 297 g/mol. The van der Waals surface area contributed by atoms with Crippen molar-refractivity contribution in [1.29, 1.82) is 0 Å². The van der Waals surface area contributed by atoms with Crippen molar-refractivity contribution in [2.45, 2.75) is 19.0 Å². The van der Waals surface area contributed by atoms with E-state index in [1.54, 1.807) is 0 Å². The first-order valence-electron chi connectivity index (χ1n) is 6.01. The Morgan fingerprint density at radius 1 is 1.47 bits per heavy atom. The molecule has 2 N–H and O–H groups in total. The molecule has 1 aromatic carbocycles. The predicted octanol–water partition coefficient (Wildman–Crippen LogP) is 2.05. The fraction of sp³-hybridized carbons (Fsp3) is 0.538. The number of hydrogen-bond acceptors (Lipinski definition) is 3. The number of nitrogens with zero attached hydrogens (tertiary/aromatic N) is 2. The molecule has 1 heterocycles. The van der Waals surface area contributed by atoms with Gasteiger partial charge in [0.2, 0.25) is 0 Å². The smallest absolute Gasteiger partial charge is 0.0378 e. The van der Waals surface area contributed by atoms with Crippen LogP contribution in [0.5, 0.6) is 0 Å². The van der Waals surface area contributed by atoms with Crippen LogP contribution in [0.2, 0.25) is 0 Å². The molecular formula is C13H20BrN3. The molecule has 1 aromatic rings. The maximum atomic E-state index is 5.67. The minimum atomic E-state index is 0.585. The number of nitrogens with two attached hydrogens (primary N) is 1. The summed E-state index contributed by atoms with van der Waals surface area (Å²) in [7, 11) is 4.31. The summed E-state index contributed by atoms with van der Waals surface area (Å²) in [6.07, 6.45) is 1.24. The molecule has 1 aliphatic rings. The minimum absolute atomic E-state index is 0.585. The van der Waals surface area contributed by atoms with Crippen LogP contribution >= 0.6 is 15.9 Å². The minimum Gasteiger partial charge on any atom is -0.370 e. The lowest BCUT2D eigenvalue weighted by atomic mass is 10.2. The third kappa shape index (κ3) is 2.81. The van der Waals surface area contributed by atoms with Gasteiger partial charge in [-0.2, -0.15) is 0 Å². The van der Waals surface area contributed by atoms with Gasteiger partial charge in [0.05, 0.1) is 0 Å². The van der Waals surface area contributed by atoms with Crippen LogP contribution in [0.15, 0.2) is 22.7 Å². The fourth-order valence-corrected chi connectivity index (χ4v) is 2.82. The van der Waals surface area contributed by atoms with Gasteiger partial charge in [-0.25, -0.2) is 0 Å². The second-order valence-electron chi connectivity index (χ2n) is 4.83. The molecule has 0 spiro atoms. The lowest BCUT2D eigenvalue weighted by Gasteiger charge is -2.22. The number of likely N-dealkylation sites (N-methyl/N-ethyl adjacent to an activating group) is 1.